The van der Waals surface area contributed by atoms with E-state index in [1.54, 1.807) is 28.2 Å². The minimum Gasteiger partial charge on any atom is -0.335 e. The number of hydrogen-bond acceptors (Lipinski definition) is 4. The quantitative estimate of drug-likeness (QED) is 0.295. The van der Waals surface area contributed by atoms with Crippen LogP contribution in [0.1, 0.15) is 16.1 Å². The minimum absolute atomic E-state index is 0.0362. The van der Waals surface area contributed by atoms with E-state index in [1.165, 1.54) is 5.56 Å². The van der Waals surface area contributed by atoms with Crippen molar-refractivity contribution < 1.29 is 4.79 Å². The predicted octanol–water partition coefficient (Wildman–Crippen LogP) is 6.38. The summed E-state index contributed by atoms with van der Waals surface area (Å²) in [7, 11) is 0. The normalized spacial score (nSPS) is 14.6. The summed E-state index contributed by atoms with van der Waals surface area (Å²) in [5, 5.41) is 7.64. The minimum atomic E-state index is -0.0362. The molecule has 2 aromatic heterocycles. The molecule has 8 heteroatoms. The monoisotopic (exact) mass is 522 g/mol. The number of benzene rings is 2. The Morgan fingerprint density at radius 3 is 2.46 bits per heavy atom. The van der Waals surface area contributed by atoms with Gasteiger partial charge in [0.15, 0.2) is 0 Å². The number of carbonyl (C=O) groups is 1. The van der Waals surface area contributed by atoms with E-state index in [1.807, 2.05) is 52.7 Å². The van der Waals surface area contributed by atoms with Gasteiger partial charge in [-0.15, -0.1) is 11.3 Å². The molecular formula is C27H24Cl2N4OS. The van der Waals surface area contributed by atoms with E-state index >= 15 is 0 Å². The Morgan fingerprint density at radius 2 is 1.74 bits per heavy atom. The molecule has 178 valence electrons. The van der Waals surface area contributed by atoms with Gasteiger partial charge in [0.2, 0.25) is 0 Å². The fourth-order valence-corrected chi connectivity index (χ4v) is 5.06. The second-order valence-electron chi connectivity index (χ2n) is 8.31. The molecule has 0 atom stereocenters. The summed E-state index contributed by atoms with van der Waals surface area (Å²) in [6.07, 6.45) is 4.32. The van der Waals surface area contributed by atoms with Crippen LogP contribution < -0.4 is 0 Å². The van der Waals surface area contributed by atoms with Gasteiger partial charge in [0.25, 0.3) is 5.91 Å². The second-order valence-corrected chi connectivity index (χ2v) is 10.1. The molecule has 0 N–H and O–H groups in total. The summed E-state index contributed by atoms with van der Waals surface area (Å²) < 4.78 is 1.68. The van der Waals surface area contributed by atoms with Gasteiger partial charge in [-0.25, -0.2) is 4.68 Å². The summed E-state index contributed by atoms with van der Waals surface area (Å²) in [5.41, 5.74) is 3.18. The topological polar surface area (TPSA) is 41.4 Å². The van der Waals surface area contributed by atoms with E-state index in [0.29, 0.717) is 34.5 Å². The molecule has 2 aromatic carbocycles. The molecule has 1 saturated heterocycles. The standard InChI is InChI=1S/C27H24Cl2N4OS/c28-22-11-10-21(18-23(22)29)33-25(19-24(30-33)26-9-5-17-35-26)27(34)32-15-13-31(14-16-32)12-4-8-20-6-2-1-3-7-20/h1-11,17-19H,12-16H2/b8-4+. The molecule has 35 heavy (non-hydrogen) atoms. The van der Waals surface area contributed by atoms with Crippen molar-refractivity contribution in [2.75, 3.05) is 32.7 Å². The van der Waals surface area contributed by atoms with Crippen molar-refractivity contribution in [3.8, 4) is 16.3 Å². The summed E-state index contributed by atoms with van der Waals surface area (Å²) >= 11 is 14.0. The third kappa shape index (κ3) is 5.52. The lowest BCUT2D eigenvalue weighted by Crippen LogP contribution is -2.49. The zero-order valence-electron chi connectivity index (χ0n) is 19.0. The number of hydrogen-bond donors (Lipinski definition) is 0. The molecule has 0 bridgehead atoms. The van der Waals surface area contributed by atoms with E-state index in [4.69, 9.17) is 28.3 Å². The highest BCUT2D eigenvalue weighted by atomic mass is 35.5. The van der Waals surface area contributed by atoms with Gasteiger partial charge in [-0.1, -0.05) is 71.8 Å². The smallest absolute Gasteiger partial charge is 0.272 e. The molecule has 0 radical (unpaired) electrons. The number of rotatable bonds is 6. The van der Waals surface area contributed by atoms with Gasteiger partial charge < -0.3 is 4.90 Å². The maximum Gasteiger partial charge on any atom is 0.272 e. The molecule has 0 unspecified atom stereocenters. The summed E-state index contributed by atoms with van der Waals surface area (Å²) in [6.45, 7) is 3.84. The first-order chi connectivity index (χ1) is 17.1. The van der Waals surface area contributed by atoms with Crippen molar-refractivity contribution in [3.05, 3.63) is 99.5 Å². The van der Waals surface area contributed by atoms with Gasteiger partial charge in [-0.05, 0) is 41.3 Å². The van der Waals surface area contributed by atoms with E-state index < -0.39 is 0 Å². The van der Waals surface area contributed by atoms with Gasteiger partial charge in [0, 0.05) is 32.7 Å². The van der Waals surface area contributed by atoms with Crippen LogP contribution in [-0.2, 0) is 0 Å². The third-order valence-corrected chi connectivity index (χ3v) is 7.61. The molecule has 1 fully saturated rings. The first-order valence-corrected chi connectivity index (χ1v) is 13.0. The van der Waals surface area contributed by atoms with E-state index in [-0.39, 0.29) is 5.91 Å². The Hall–Kier alpha value is -2.90. The molecule has 5 rings (SSSR count). The maximum atomic E-state index is 13.6. The molecule has 0 saturated carbocycles. The second kappa shape index (κ2) is 10.8. The summed E-state index contributed by atoms with van der Waals surface area (Å²) in [5.74, 6) is -0.0362. The SMILES string of the molecule is O=C(c1cc(-c2cccs2)nn1-c1ccc(Cl)c(Cl)c1)N1CCN(C/C=C/c2ccccc2)CC1. The lowest BCUT2D eigenvalue weighted by molar-refractivity contribution is 0.0641. The molecular weight excluding hydrogens is 499 g/mol. The molecule has 1 aliphatic heterocycles. The van der Waals surface area contributed by atoms with Gasteiger partial charge in [0.05, 0.1) is 20.6 Å². The van der Waals surface area contributed by atoms with Gasteiger partial charge in [-0.2, -0.15) is 5.10 Å². The van der Waals surface area contributed by atoms with Crippen molar-refractivity contribution in [3.63, 3.8) is 0 Å². The predicted molar refractivity (Wildman–Crippen MR) is 145 cm³/mol. The van der Waals surface area contributed by atoms with Crippen LogP contribution in [0.5, 0.6) is 0 Å². The average Bonchev–Trinajstić information content (AvgIpc) is 3.57. The highest BCUT2D eigenvalue weighted by Gasteiger charge is 2.26. The average molecular weight is 523 g/mol. The first kappa shape index (κ1) is 23.8. The maximum absolute atomic E-state index is 13.6. The van der Waals surface area contributed by atoms with Crippen LogP contribution in [0.4, 0.5) is 0 Å². The highest BCUT2D eigenvalue weighted by molar-refractivity contribution is 7.13. The molecule has 1 aliphatic rings. The number of nitrogens with zero attached hydrogens (tertiary/aromatic N) is 4. The molecule has 5 nitrogen and oxygen atoms in total. The molecule has 0 spiro atoms. The Labute approximate surface area is 218 Å². The molecule has 1 amide bonds. The number of thiophene rings is 1. The molecule has 4 aromatic rings. The lowest BCUT2D eigenvalue weighted by Gasteiger charge is -2.34. The van der Waals surface area contributed by atoms with E-state index in [2.05, 4.69) is 29.2 Å². The zero-order valence-corrected chi connectivity index (χ0v) is 21.3. The van der Waals surface area contributed by atoms with Crippen molar-refractivity contribution in [2.24, 2.45) is 0 Å². The van der Waals surface area contributed by atoms with Crippen molar-refractivity contribution in [1.82, 2.24) is 19.6 Å². The third-order valence-electron chi connectivity index (χ3n) is 5.98. The van der Waals surface area contributed by atoms with Crippen LogP contribution in [0.2, 0.25) is 10.0 Å². The first-order valence-electron chi connectivity index (χ1n) is 11.4. The zero-order chi connectivity index (χ0) is 24.2. The van der Waals surface area contributed by atoms with Crippen molar-refractivity contribution in [2.45, 2.75) is 0 Å². The fraction of sp³-hybridized carbons (Fsp3) is 0.185. The van der Waals surface area contributed by atoms with E-state index in [9.17, 15) is 4.79 Å². The van der Waals surface area contributed by atoms with E-state index in [0.717, 1.165) is 30.2 Å². The van der Waals surface area contributed by atoms with Crippen LogP contribution in [0.25, 0.3) is 22.3 Å². The van der Waals surface area contributed by atoms with Crippen LogP contribution in [0, 0.1) is 0 Å². The van der Waals surface area contributed by atoms with Crippen molar-refractivity contribution in [1.29, 1.82) is 0 Å². The van der Waals surface area contributed by atoms with Gasteiger partial charge >= 0.3 is 0 Å². The van der Waals surface area contributed by atoms with Crippen LogP contribution in [0.15, 0.2) is 78.2 Å². The number of halogens is 2. The fourth-order valence-electron chi connectivity index (χ4n) is 4.09. The Kier molecular flexibility index (Phi) is 7.35. The summed E-state index contributed by atoms with van der Waals surface area (Å²) in [4.78, 5) is 18.9. The van der Waals surface area contributed by atoms with Crippen LogP contribution >= 0.6 is 34.5 Å². The lowest BCUT2D eigenvalue weighted by atomic mass is 10.2. The van der Waals surface area contributed by atoms with Crippen molar-refractivity contribution >= 4 is 46.5 Å². The van der Waals surface area contributed by atoms with Gasteiger partial charge in [-0.3, -0.25) is 9.69 Å². The highest BCUT2D eigenvalue weighted by Crippen LogP contribution is 2.29. The summed E-state index contributed by atoms with van der Waals surface area (Å²) in [6, 6.07) is 21.4. The van der Waals surface area contributed by atoms with Gasteiger partial charge in [0.1, 0.15) is 11.4 Å². The Balaban J connectivity index is 1.31. The number of aromatic nitrogens is 2. The largest absolute Gasteiger partial charge is 0.335 e. The Morgan fingerprint density at radius 1 is 0.943 bits per heavy atom. The molecule has 0 aliphatic carbocycles. The number of piperazine rings is 1. The van der Waals surface area contributed by atoms with Crippen LogP contribution in [0.3, 0.4) is 0 Å². The molecule has 3 heterocycles. The Bertz CT molecular complexity index is 1330. The number of carbonyl (C=O) groups excluding carboxylic acids is 1. The van der Waals surface area contributed by atoms with Crippen LogP contribution in [-0.4, -0.2) is 58.2 Å². The number of amides is 1.